The molecular formula is C22H17F3N4O4S2. The van der Waals surface area contributed by atoms with Gasteiger partial charge in [-0.05, 0) is 48.5 Å². The second-order valence-corrected chi connectivity index (χ2v) is 10.4. The molecule has 2 amide bonds. The van der Waals surface area contributed by atoms with Gasteiger partial charge in [0.05, 0.1) is 10.6 Å². The summed E-state index contributed by atoms with van der Waals surface area (Å²) in [7, 11) is -2.66. The molecule has 2 heterocycles. The number of thiophene rings is 1. The van der Waals surface area contributed by atoms with E-state index in [1.165, 1.54) is 31.3 Å². The molecule has 182 valence electrons. The quantitative estimate of drug-likeness (QED) is 0.329. The Morgan fingerprint density at radius 1 is 0.971 bits per heavy atom. The molecule has 0 atom stereocenters. The topological polar surface area (TPSA) is 105 Å². The lowest BCUT2D eigenvalue weighted by atomic mass is 10.3. The zero-order valence-electron chi connectivity index (χ0n) is 17.9. The third-order valence-electron chi connectivity index (χ3n) is 4.76. The molecule has 0 saturated heterocycles. The van der Waals surface area contributed by atoms with Gasteiger partial charge in [-0.1, -0.05) is 23.4 Å². The van der Waals surface area contributed by atoms with Crippen molar-refractivity contribution in [2.24, 2.45) is 0 Å². The molecule has 2 aromatic carbocycles. The predicted octanol–water partition coefficient (Wildman–Crippen LogP) is 5.89. The molecule has 0 bridgehead atoms. The highest BCUT2D eigenvalue weighted by molar-refractivity contribution is 7.94. The van der Waals surface area contributed by atoms with Crippen molar-refractivity contribution in [3.05, 3.63) is 78.6 Å². The number of para-hydroxylation sites is 1. The number of nitrogens with one attached hydrogen (secondary N) is 2. The van der Waals surface area contributed by atoms with E-state index in [1.54, 1.807) is 36.4 Å². The number of alkyl halides is 3. The maximum Gasteiger partial charge on any atom is 0.452 e. The molecule has 0 aliphatic carbocycles. The number of amides is 2. The number of hydrogen-bond donors (Lipinski definition) is 2. The number of benzene rings is 2. The van der Waals surface area contributed by atoms with Crippen molar-refractivity contribution >= 4 is 44.5 Å². The minimum atomic E-state index is -4.69. The number of urea groups is 1. The summed E-state index contributed by atoms with van der Waals surface area (Å²) in [5.74, 6) is -1.27. The average molecular weight is 523 g/mol. The number of anilines is 3. The molecule has 0 aliphatic heterocycles. The van der Waals surface area contributed by atoms with Crippen LogP contribution in [0.3, 0.4) is 0 Å². The van der Waals surface area contributed by atoms with Crippen molar-refractivity contribution in [1.29, 1.82) is 0 Å². The Hall–Kier alpha value is -3.84. The zero-order chi connectivity index (χ0) is 25.2. The average Bonchev–Trinajstić information content (AvgIpc) is 3.50. The maximum absolute atomic E-state index is 13.0. The van der Waals surface area contributed by atoms with Gasteiger partial charge in [-0.3, -0.25) is 4.31 Å². The van der Waals surface area contributed by atoms with E-state index >= 15 is 0 Å². The highest BCUT2D eigenvalue weighted by Gasteiger charge is 2.36. The largest absolute Gasteiger partial charge is 0.452 e. The van der Waals surface area contributed by atoms with Gasteiger partial charge in [0.25, 0.3) is 10.0 Å². The van der Waals surface area contributed by atoms with E-state index in [2.05, 4.69) is 20.3 Å². The third kappa shape index (κ3) is 5.46. The number of hydrogen-bond acceptors (Lipinski definition) is 6. The van der Waals surface area contributed by atoms with Gasteiger partial charge in [0, 0.05) is 24.5 Å². The van der Waals surface area contributed by atoms with Crippen LogP contribution in [0.5, 0.6) is 0 Å². The molecule has 8 nitrogen and oxygen atoms in total. The van der Waals surface area contributed by atoms with E-state index in [9.17, 15) is 26.4 Å². The number of carbonyl (C=O) groups is 1. The monoisotopic (exact) mass is 522 g/mol. The van der Waals surface area contributed by atoms with Gasteiger partial charge in [-0.25, -0.2) is 13.2 Å². The fourth-order valence-electron chi connectivity index (χ4n) is 2.96. The van der Waals surface area contributed by atoms with E-state index in [4.69, 9.17) is 0 Å². The molecule has 4 aromatic rings. The maximum atomic E-state index is 13.0. The van der Waals surface area contributed by atoms with Gasteiger partial charge in [-0.15, -0.1) is 11.3 Å². The first-order valence-electron chi connectivity index (χ1n) is 9.90. The van der Waals surface area contributed by atoms with Crippen LogP contribution in [0.2, 0.25) is 0 Å². The first-order chi connectivity index (χ1) is 16.5. The molecule has 13 heteroatoms. The van der Waals surface area contributed by atoms with Crippen molar-refractivity contribution < 1.29 is 30.9 Å². The molecule has 0 spiro atoms. The van der Waals surface area contributed by atoms with Gasteiger partial charge >= 0.3 is 12.2 Å². The molecule has 0 fully saturated rings. The van der Waals surface area contributed by atoms with Gasteiger partial charge < -0.3 is 15.2 Å². The molecule has 35 heavy (non-hydrogen) atoms. The normalized spacial score (nSPS) is 11.8. The van der Waals surface area contributed by atoms with Gasteiger partial charge in [0.2, 0.25) is 5.76 Å². The van der Waals surface area contributed by atoms with Gasteiger partial charge in [0.15, 0.2) is 0 Å². The minimum absolute atomic E-state index is 0.0870. The summed E-state index contributed by atoms with van der Waals surface area (Å²) in [6, 6.07) is 17.9. The smallest absolute Gasteiger partial charge is 0.351 e. The molecule has 2 aromatic heterocycles. The fraction of sp³-hybridized carbons (Fsp3) is 0.0909. The molecule has 0 aliphatic rings. The van der Waals surface area contributed by atoms with E-state index < -0.39 is 28.0 Å². The standard InChI is InChI=1S/C22H17F3N4O4S2/c1-29(16-9-7-15(8-10-16)27-21(30)26-14-5-3-2-4-6-14)35(31,32)20-12-11-18(34-20)17-13-19(33-28-17)22(23,24)25/h2-13H,1H3,(H2,26,27,30). The minimum Gasteiger partial charge on any atom is -0.351 e. The summed E-state index contributed by atoms with van der Waals surface area (Å²) in [6.45, 7) is 0. The summed E-state index contributed by atoms with van der Waals surface area (Å²) < 4.78 is 69.6. The van der Waals surface area contributed by atoms with Crippen LogP contribution < -0.4 is 14.9 Å². The Kier molecular flexibility index (Phi) is 6.54. The van der Waals surface area contributed by atoms with E-state index in [0.717, 1.165) is 15.6 Å². The lowest BCUT2D eigenvalue weighted by molar-refractivity contribution is -0.155. The SMILES string of the molecule is CN(c1ccc(NC(=O)Nc2ccccc2)cc1)S(=O)(=O)c1ccc(-c2cc(C(F)(F)F)on2)s1. The number of aromatic nitrogens is 1. The Balaban J connectivity index is 1.45. The Labute approximate surface area is 202 Å². The first-order valence-corrected chi connectivity index (χ1v) is 12.2. The van der Waals surface area contributed by atoms with Crippen LogP contribution in [0.25, 0.3) is 10.6 Å². The van der Waals surface area contributed by atoms with Gasteiger partial charge in [0.1, 0.15) is 9.90 Å². The Morgan fingerprint density at radius 2 is 1.60 bits per heavy atom. The number of sulfonamides is 1. The lowest BCUT2D eigenvalue weighted by Gasteiger charge is -2.19. The fourth-order valence-corrected chi connectivity index (χ4v) is 5.59. The van der Waals surface area contributed by atoms with Crippen molar-refractivity contribution in [2.45, 2.75) is 10.4 Å². The number of carbonyl (C=O) groups excluding carboxylic acids is 1. The molecule has 0 saturated carbocycles. The van der Waals surface area contributed by atoms with Crippen molar-refractivity contribution in [3.8, 4) is 10.6 Å². The third-order valence-corrected chi connectivity index (χ3v) is 8.12. The highest BCUT2D eigenvalue weighted by atomic mass is 32.2. The molecule has 0 unspecified atom stereocenters. The van der Waals surface area contributed by atoms with Crippen LogP contribution in [-0.4, -0.2) is 26.7 Å². The Bertz CT molecular complexity index is 1430. The molecule has 4 rings (SSSR count). The van der Waals surface area contributed by atoms with Crippen LogP contribution in [0.1, 0.15) is 5.76 Å². The summed E-state index contributed by atoms with van der Waals surface area (Å²) in [5, 5.41) is 8.70. The lowest BCUT2D eigenvalue weighted by Crippen LogP contribution is -2.25. The summed E-state index contributed by atoms with van der Waals surface area (Å²) in [6.07, 6.45) is -4.69. The highest BCUT2D eigenvalue weighted by Crippen LogP contribution is 2.36. The number of nitrogens with zero attached hydrogens (tertiary/aromatic N) is 2. The van der Waals surface area contributed by atoms with E-state index in [1.807, 2.05) is 6.07 Å². The second-order valence-electron chi connectivity index (χ2n) is 7.16. The van der Waals surface area contributed by atoms with Gasteiger partial charge in [-0.2, -0.15) is 13.2 Å². The van der Waals surface area contributed by atoms with E-state index in [0.29, 0.717) is 23.1 Å². The van der Waals surface area contributed by atoms with Crippen molar-refractivity contribution in [1.82, 2.24) is 5.16 Å². The summed E-state index contributed by atoms with van der Waals surface area (Å²) >= 11 is 0.768. The van der Waals surface area contributed by atoms with Crippen LogP contribution >= 0.6 is 11.3 Å². The van der Waals surface area contributed by atoms with Crippen LogP contribution in [-0.2, 0) is 16.2 Å². The summed E-state index contributed by atoms with van der Waals surface area (Å²) in [5.41, 5.74) is 1.26. The van der Waals surface area contributed by atoms with Crippen LogP contribution in [0, 0.1) is 0 Å². The Morgan fingerprint density at radius 3 is 2.20 bits per heavy atom. The van der Waals surface area contributed by atoms with E-state index in [-0.39, 0.29) is 14.8 Å². The zero-order valence-corrected chi connectivity index (χ0v) is 19.5. The molecule has 2 N–H and O–H groups in total. The van der Waals surface area contributed by atoms with Crippen LogP contribution in [0.4, 0.5) is 35.0 Å². The second kappa shape index (κ2) is 9.43. The first kappa shape index (κ1) is 24.3. The molecule has 0 radical (unpaired) electrons. The number of rotatable bonds is 6. The number of halogens is 3. The summed E-state index contributed by atoms with van der Waals surface area (Å²) in [4.78, 5) is 12.3. The predicted molar refractivity (Wildman–Crippen MR) is 126 cm³/mol. The molecular weight excluding hydrogens is 505 g/mol. The van der Waals surface area contributed by atoms with Crippen LogP contribution in [0.15, 0.2) is 81.5 Å². The van der Waals surface area contributed by atoms with Crippen molar-refractivity contribution in [3.63, 3.8) is 0 Å². The van der Waals surface area contributed by atoms with Crippen molar-refractivity contribution in [2.75, 3.05) is 22.0 Å².